The molecule has 1 saturated heterocycles. The van der Waals surface area contributed by atoms with E-state index in [2.05, 4.69) is 5.32 Å². The van der Waals surface area contributed by atoms with Crippen molar-refractivity contribution in [1.82, 2.24) is 5.32 Å². The highest BCUT2D eigenvalue weighted by atomic mass is 32.2. The summed E-state index contributed by atoms with van der Waals surface area (Å²) in [5, 5.41) is 12.1. The van der Waals surface area contributed by atoms with Gasteiger partial charge in [0.15, 0.2) is 0 Å². The molecule has 0 unspecified atom stereocenters. The minimum absolute atomic E-state index is 0.0475. The molecule has 1 aliphatic heterocycles. The maximum atomic E-state index is 12.2. The highest BCUT2D eigenvalue weighted by Crippen LogP contribution is 2.26. The van der Waals surface area contributed by atoms with E-state index in [9.17, 15) is 14.7 Å². The first kappa shape index (κ1) is 13.9. The number of thioether (sulfide) groups is 1. The summed E-state index contributed by atoms with van der Waals surface area (Å²) in [5.74, 6) is 0.409. The first-order valence-electron chi connectivity index (χ1n) is 6.14. The smallest absolute Gasteiger partial charge is 0.336 e. The van der Waals surface area contributed by atoms with Crippen molar-refractivity contribution in [2.75, 3.05) is 11.5 Å². The van der Waals surface area contributed by atoms with Gasteiger partial charge in [-0.15, -0.1) is 0 Å². The predicted octanol–water partition coefficient (Wildman–Crippen LogP) is 1.75. The van der Waals surface area contributed by atoms with Crippen molar-refractivity contribution in [2.45, 2.75) is 19.9 Å². The Labute approximate surface area is 116 Å². The lowest BCUT2D eigenvalue weighted by Crippen LogP contribution is -2.44. The van der Waals surface area contributed by atoms with E-state index in [4.69, 9.17) is 0 Å². The Morgan fingerprint density at radius 2 is 1.84 bits per heavy atom. The highest BCUT2D eigenvalue weighted by Gasteiger charge is 2.25. The number of allylic oxidation sites excluding steroid dienone is 2. The number of aliphatic carboxylic acids is 1. The van der Waals surface area contributed by atoms with E-state index in [0.717, 1.165) is 11.5 Å². The Balaban J connectivity index is 2.28. The lowest BCUT2D eigenvalue weighted by molar-refractivity contribution is -0.132. The Morgan fingerprint density at radius 1 is 1.26 bits per heavy atom. The average molecular weight is 279 g/mol. The standard InChI is InChI=1S/C14H17NO3S/c1-14(2)5-3-10(11(4-6-14)13(17)18)12(16)15-9-7-19-8-9/h3-6,9H,7-8H2,1-2H3,(H,15,16)(H,17,18). The van der Waals surface area contributed by atoms with E-state index in [1.807, 2.05) is 19.9 Å². The lowest BCUT2D eigenvalue weighted by Gasteiger charge is -2.26. The predicted molar refractivity (Wildman–Crippen MR) is 76.0 cm³/mol. The molecule has 1 amide bonds. The quantitative estimate of drug-likeness (QED) is 0.826. The summed E-state index contributed by atoms with van der Waals surface area (Å²) in [5.41, 5.74) is 0.0206. The normalized spacial score (nSPS) is 21.8. The third-order valence-electron chi connectivity index (χ3n) is 3.10. The van der Waals surface area contributed by atoms with Gasteiger partial charge in [-0.1, -0.05) is 38.2 Å². The maximum absolute atomic E-state index is 12.2. The fraction of sp³-hybridized carbons (Fsp3) is 0.429. The molecule has 0 atom stereocenters. The number of carboxylic acids is 1. The zero-order valence-corrected chi connectivity index (χ0v) is 11.8. The number of carbonyl (C=O) groups is 2. The molecule has 0 spiro atoms. The van der Waals surface area contributed by atoms with Crippen molar-refractivity contribution in [3.8, 4) is 0 Å². The first-order chi connectivity index (χ1) is 8.89. The van der Waals surface area contributed by atoms with Crippen LogP contribution in [-0.4, -0.2) is 34.5 Å². The summed E-state index contributed by atoms with van der Waals surface area (Å²) in [7, 11) is 0. The number of hydrogen-bond donors (Lipinski definition) is 2. The summed E-state index contributed by atoms with van der Waals surface area (Å²) in [6, 6.07) is 0.161. The lowest BCUT2D eigenvalue weighted by atomic mass is 9.93. The molecule has 2 N–H and O–H groups in total. The van der Waals surface area contributed by atoms with Gasteiger partial charge in [0.1, 0.15) is 0 Å². The fourth-order valence-electron chi connectivity index (χ4n) is 1.80. The molecular weight excluding hydrogens is 262 g/mol. The van der Waals surface area contributed by atoms with Crippen LogP contribution < -0.4 is 5.32 Å². The number of nitrogens with one attached hydrogen (secondary N) is 1. The van der Waals surface area contributed by atoms with Crippen LogP contribution in [-0.2, 0) is 9.59 Å². The average Bonchev–Trinajstić information content (AvgIpc) is 2.42. The summed E-state index contributed by atoms with van der Waals surface area (Å²) < 4.78 is 0. The van der Waals surface area contributed by atoms with Gasteiger partial charge in [0, 0.05) is 23.0 Å². The molecule has 1 fully saturated rings. The third-order valence-corrected chi connectivity index (χ3v) is 4.37. The van der Waals surface area contributed by atoms with Crippen molar-refractivity contribution < 1.29 is 14.7 Å². The second kappa shape index (κ2) is 5.25. The van der Waals surface area contributed by atoms with Crippen LogP contribution >= 0.6 is 11.8 Å². The van der Waals surface area contributed by atoms with Crippen LogP contribution in [0.3, 0.4) is 0 Å². The topological polar surface area (TPSA) is 66.4 Å². The van der Waals surface area contributed by atoms with Crippen LogP contribution in [0, 0.1) is 5.41 Å². The Kier molecular flexibility index (Phi) is 3.85. The second-order valence-corrected chi connectivity index (χ2v) is 6.40. The third kappa shape index (κ3) is 3.29. The van der Waals surface area contributed by atoms with Crippen LogP contribution in [0.4, 0.5) is 0 Å². The van der Waals surface area contributed by atoms with Crippen molar-refractivity contribution in [3.63, 3.8) is 0 Å². The molecule has 1 aliphatic carbocycles. The van der Waals surface area contributed by atoms with E-state index in [1.165, 1.54) is 6.08 Å². The van der Waals surface area contributed by atoms with E-state index in [-0.39, 0.29) is 28.5 Å². The van der Waals surface area contributed by atoms with Crippen molar-refractivity contribution in [1.29, 1.82) is 0 Å². The minimum Gasteiger partial charge on any atom is -0.478 e. The summed E-state index contributed by atoms with van der Waals surface area (Å²) in [4.78, 5) is 23.4. The molecule has 102 valence electrons. The number of hydrogen-bond acceptors (Lipinski definition) is 3. The summed E-state index contributed by atoms with van der Waals surface area (Å²) >= 11 is 1.77. The number of amides is 1. The monoisotopic (exact) mass is 279 g/mol. The zero-order valence-electron chi connectivity index (χ0n) is 11.0. The molecule has 0 radical (unpaired) electrons. The van der Waals surface area contributed by atoms with Gasteiger partial charge < -0.3 is 10.4 Å². The van der Waals surface area contributed by atoms with E-state index in [0.29, 0.717) is 0 Å². The molecule has 2 rings (SSSR count). The Bertz CT molecular complexity index is 499. The fourth-order valence-corrected chi connectivity index (χ4v) is 2.44. The SMILES string of the molecule is CC1(C)C=CC(C(=O)O)=C(C(=O)NC2CSC2)C=C1. The molecular formula is C14H17NO3S. The first-order valence-corrected chi connectivity index (χ1v) is 7.29. The summed E-state index contributed by atoms with van der Waals surface area (Å²) in [6.45, 7) is 3.92. The zero-order chi connectivity index (χ0) is 14.0. The van der Waals surface area contributed by atoms with Crippen molar-refractivity contribution in [3.05, 3.63) is 35.5 Å². The number of rotatable bonds is 3. The Morgan fingerprint density at radius 3 is 2.32 bits per heavy atom. The Hall–Kier alpha value is -1.49. The van der Waals surface area contributed by atoms with Gasteiger partial charge in [-0.3, -0.25) is 4.79 Å². The summed E-state index contributed by atoms with van der Waals surface area (Å²) in [6.07, 6.45) is 6.79. The van der Waals surface area contributed by atoms with Gasteiger partial charge in [-0.2, -0.15) is 11.8 Å². The van der Waals surface area contributed by atoms with Crippen molar-refractivity contribution in [2.24, 2.45) is 5.41 Å². The molecule has 5 heteroatoms. The van der Waals surface area contributed by atoms with Gasteiger partial charge in [0.25, 0.3) is 5.91 Å². The van der Waals surface area contributed by atoms with Crippen LogP contribution in [0.5, 0.6) is 0 Å². The van der Waals surface area contributed by atoms with Crippen LogP contribution in [0.1, 0.15) is 13.8 Å². The molecule has 0 aromatic rings. The molecule has 1 heterocycles. The van der Waals surface area contributed by atoms with Gasteiger partial charge >= 0.3 is 5.97 Å². The van der Waals surface area contributed by atoms with Crippen molar-refractivity contribution >= 4 is 23.6 Å². The van der Waals surface area contributed by atoms with Gasteiger partial charge in [-0.25, -0.2) is 4.79 Å². The van der Waals surface area contributed by atoms with Gasteiger partial charge in [-0.05, 0) is 0 Å². The molecule has 0 aromatic carbocycles. The number of carboxylic acid groups (broad SMARTS) is 1. The molecule has 0 saturated carbocycles. The highest BCUT2D eigenvalue weighted by molar-refractivity contribution is 8.00. The van der Waals surface area contributed by atoms with Gasteiger partial charge in [0.05, 0.1) is 11.1 Å². The maximum Gasteiger partial charge on any atom is 0.336 e. The largest absolute Gasteiger partial charge is 0.478 e. The van der Waals surface area contributed by atoms with Crippen LogP contribution in [0.25, 0.3) is 0 Å². The van der Waals surface area contributed by atoms with E-state index in [1.54, 1.807) is 23.9 Å². The molecule has 0 bridgehead atoms. The molecule has 0 aromatic heterocycles. The molecule has 19 heavy (non-hydrogen) atoms. The molecule has 2 aliphatic rings. The number of carbonyl (C=O) groups excluding carboxylic acids is 1. The van der Waals surface area contributed by atoms with Crippen LogP contribution in [0.15, 0.2) is 35.5 Å². The van der Waals surface area contributed by atoms with E-state index < -0.39 is 5.97 Å². The van der Waals surface area contributed by atoms with E-state index >= 15 is 0 Å². The second-order valence-electron chi connectivity index (χ2n) is 5.33. The minimum atomic E-state index is -1.08. The molecule has 4 nitrogen and oxygen atoms in total. The van der Waals surface area contributed by atoms with Crippen LogP contribution in [0.2, 0.25) is 0 Å². The van der Waals surface area contributed by atoms with Gasteiger partial charge in [0.2, 0.25) is 0 Å².